The zero-order chi connectivity index (χ0) is 16.7. The summed E-state index contributed by atoms with van der Waals surface area (Å²) in [6, 6.07) is 5.49. The average molecular weight is 315 g/mol. The summed E-state index contributed by atoms with van der Waals surface area (Å²) in [6.07, 6.45) is 3.70. The van der Waals surface area contributed by atoms with Crippen LogP contribution in [-0.4, -0.2) is 50.0 Å². The lowest BCUT2D eigenvalue weighted by atomic mass is 9.77. The molecule has 1 unspecified atom stereocenters. The molecule has 0 amide bonds. The normalized spacial score (nSPS) is 49.3. The van der Waals surface area contributed by atoms with E-state index < -0.39 is 22.2 Å². The van der Waals surface area contributed by atoms with Crippen molar-refractivity contribution in [3.05, 3.63) is 0 Å². The number of fused-ring (bicyclic) bond motifs is 5. The summed E-state index contributed by atoms with van der Waals surface area (Å²) in [5, 5.41) is 20.2. The third kappa shape index (κ3) is 1.11. The van der Waals surface area contributed by atoms with Gasteiger partial charge in [0, 0.05) is 31.7 Å². The van der Waals surface area contributed by atoms with E-state index in [4.69, 9.17) is 15.2 Å². The van der Waals surface area contributed by atoms with Crippen molar-refractivity contribution in [2.75, 3.05) is 21.3 Å². The number of rotatable bonds is 2. The Kier molecular flexibility index (Phi) is 2.62. The van der Waals surface area contributed by atoms with Crippen molar-refractivity contribution >= 4 is 5.84 Å². The third-order valence-electron chi connectivity index (χ3n) is 7.10. The molecule has 4 aliphatic rings. The zero-order valence-corrected chi connectivity index (χ0v) is 13.7. The molecule has 0 radical (unpaired) electrons. The Morgan fingerprint density at radius 1 is 1.17 bits per heavy atom. The summed E-state index contributed by atoms with van der Waals surface area (Å²) in [4.78, 5) is 6.68. The number of aliphatic imine (C=N–C) groups is 1. The van der Waals surface area contributed by atoms with Gasteiger partial charge in [0.15, 0.2) is 5.41 Å². The number of nitrogens with zero attached hydrogens (tertiary/aromatic N) is 4. The Labute approximate surface area is 135 Å². The van der Waals surface area contributed by atoms with E-state index in [0.29, 0.717) is 12.1 Å². The van der Waals surface area contributed by atoms with E-state index in [9.17, 15) is 10.5 Å². The van der Waals surface area contributed by atoms with Crippen molar-refractivity contribution in [2.24, 2.45) is 27.0 Å². The number of hydrogen-bond donors (Lipinski definition) is 1. The molecule has 5 atom stereocenters. The highest BCUT2D eigenvalue weighted by Gasteiger charge is 3.01. The molecule has 1 saturated carbocycles. The Bertz CT molecular complexity index is 674. The molecule has 3 fully saturated rings. The second-order valence-electron chi connectivity index (χ2n) is 7.25. The molecule has 122 valence electrons. The maximum absolute atomic E-state index is 10.2. The van der Waals surface area contributed by atoms with Gasteiger partial charge in [-0.3, -0.25) is 0 Å². The van der Waals surface area contributed by atoms with Crippen LogP contribution in [0.4, 0.5) is 0 Å². The molecule has 7 heteroatoms. The number of amidine groups is 1. The molecule has 3 heterocycles. The van der Waals surface area contributed by atoms with Crippen molar-refractivity contribution in [3.8, 4) is 12.1 Å². The summed E-state index contributed by atoms with van der Waals surface area (Å²) in [6.45, 7) is 0. The molecule has 1 aliphatic carbocycles. The molecule has 0 aromatic heterocycles. The molecule has 23 heavy (non-hydrogen) atoms. The van der Waals surface area contributed by atoms with E-state index in [1.165, 1.54) is 14.2 Å². The van der Waals surface area contributed by atoms with Gasteiger partial charge >= 0.3 is 0 Å². The van der Waals surface area contributed by atoms with E-state index in [0.717, 1.165) is 25.7 Å². The maximum Gasteiger partial charge on any atom is 0.292 e. The van der Waals surface area contributed by atoms with E-state index >= 15 is 0 Å². The Hall–Kier alpha value is -1.67. The second-order valence-corrected chi connectivity index (χ2v) is 7.25. The van der Waals surface area contributed by atoms with Crippen molar-refractivity contribution in [3.63, 3.8) is 0 Å². The lowest BCUT2D eigenvalue weighted by Crippen LogP contribution is -2.49. The first kappa shape index (κ1) is 14.9. The quantitative estimate of drug-likeness (QED) is 0.747. The monoisotopic (exact) mass is 315 g/mol. The summed E-state index contributed by atoms with van der Waals surface area (Å²) in [5.74, 6) is -1.30. The Morgan fingerprint density at radius 2 is 1.74 bits per heavy atom. The minimum Gasteiger partial charge on any atom is -0.386 e. The van der Waals surface area contributed by atoms with Gasteiger partial charge in [0.1, 0.15) is 11.3 Å². The molecule has 7 nitrogen and oxygen atoms in total. The molecule has 3 aliphatic heterocycles. The fourth-order valence-corrected chi connectivity index (χ4v) is 6.07. The van der Waals surface area contributed by atoms with E-state index in [2.05, 4.69) is 29.1 Å². The highest BCUT2D eigenvalue weighted by molar-refractivity contribution is 6.00. The van der Waals surface area contributed by atoms with Gasteiger partial charge in [0.2, 0.25) is 0 Å². The minimum atomic E-state index is -1.49. The van der Waals surface area contributed by atoms with E-state index in [1.54, 1.807) is 0 Å². The largest absolute Gasteiger partial charge is 0.386 e. The first-order valence-electron chi connectivity index (χ1n) is 7.96. The third-order valence-corrected chi connectivity index (χ3v) is 7.10. The summed E-state index contributed by atoms with van der Waals surface area (Å²) in [7, 11) is 5.05. The molecule has 2 bridgehead atoms. The zero-order valence-electron chi connectivity index (χ0n) is 13.7. The molecule has 4 rings (SSSR count). The van der Waals surface area contributed by atoms with Crippen LogP contribution in [-0.2, 0) is 9.47 Å². The van der Waals surface area contributed by atoms with Crippen molar-refractivity contribution in [2.45, 2.75) is 43.7 Å². The first-order valence-corrected chi connectivity index (χ1v) is 7.96. The predicted molar refractivity (Wildman–Crippen MR) is 80.7 cm³/mol. The predicted octanol–water partition coefficient (Wildman–Crippen LogP) is 0.580. The number of piperidine rings is 1. The van der Waals surface area contributed by atoms with Crippen LogP contribution in [0.3, 0.4) is 0 Å². The van der Waals surface area contributed by atoms with Crippen LogP contribution in [0, 0.1) is 38.9 Å². The lowest BCUT2D eigenvalue weighted by Gasteiger charge is -2.41. The minimum absolute atomic E-state index is 0.189. The molecular weight excluding hydrogens is 294 g/mol. The van der Waals surface area contributed by atoms with Crippen LogP contribution in [0.1, 0.15) is 25.7 Å². The Morgan fingerprint density at radius 3 is 2.17 bits per heavy atom. The topological polar surface area (TPSA) is 108 Å². The molecular formula is C16H21N5O2. The molecule has 0 aromatic carbocycles. The van der Waals surface area contributed by atoms with Gasteiger partial charge in [-0.25, -0.2) is 4.99 Å². The highest BCUT2D eigenvalue weighted by Crippen LogP contribution is 2.89. The molecule has 2 N–H and O–H groups in total. The SMILES string of the molecule is COC1(OC)N=C(N)[C@@]2(C#N)C3(C[C@H]4CC[C@@H](C3)N4C)[C@@]12C#N. The van der Waals surface area contributed by atoms with Crippen LogP contribution < -0.4 is 5.73 Å². The van der Waals surface area contributed by atoms with Gasteiger partial charge in [-0.05, 0) is 32.7 Å². The fourth-order valence-electron chi connectivity index (χ4n) is 6.07. The lowest BCUT2D eigenvalue weighted by molar-refractivity contribution is -0.239. The van der Waals surface area contributed by atoms with E-state index in [1.807, 2.05) is 0 Å². The summed E-state index contributed by atoms with van der Waals surface area (Å²) in [5.41, 5.74) is 3.39. The van der Waals surface area contributed by atoms with E-state index in [-0.39, 0.29) is 5.84 Å². The van der Waals surface area contributed by atoms with Crippen molar-refractivity contribution < 1.29 is 9.47 Å². The number of ether oxygens (including phenoxy) is 2. The standard InChI is InChI=1S/C16H21N5O2/c1-21-10-4-5-11(21)7-13(6-10)14(8-17)12(19)20-16(22-2,23-3)15(13,14)9-18/h10-11H,4-7H2,1-3H3,(H2,19,20)/t10-,11+,13?,14-,15+/m0/s1. The van der Waals surface area contributed by atoms with Gasteiger partial charge < -0.3 is 20.1 Å². The van der Waals surface area contributed by atoms with Crippen LogP contribution in [0.15, 0.2) is 4.99 Å². The molecule has 2 saturated heterocycles. The second kappa shape index (κ2) is 4.05. The number of nitrogens with two attached hydrogens (primary N) is 1. The van der Waals surface area contributed by atoms with Crippen LogP contribution >= 0.6 is 0 Å². The van der Waals surface area contributed by atoms with Crippen LogP contribution in [0.2, 0.25) is 0 Å². The number of nitriles is 2. The Balaban J connectivity index is 1.93. The highest BCUT2D eigenvalue weighted by atomic mass is 16.7. The molecule has 0 aromatic rings. The maximum atomic E-state index is 10.2. The average Bonchev–Trinajstić information content (AvgIpc) is 2.89. The van der Waals surface area contributed by atoms with Crippen molar-refractivity contribution in [1.29, 1.82) is 10.5 Å². The van der Waals surface area contributed by atoms with Gasteiger partial charge in [0.25, 0.3) is 5.91 Å². The smallest absolute Gasteiger partial charge is 0.292 e. The molecule has 1 spiro atoms. The van der Waals surface area contributed by atoms with Gasteiger partial charge in [-0.1, -0.05) is 0 Å². The summed E-state index contributed by atoms with van der Waals surface area (Å²) < 4.78 is 11.1. The van der Waals surface area contributed by atoms with Gasteiger partial charge in [0.05, 0.1) is 12.1 Å². The first-order chi connectivity index (χ1) is 11.0. The van der Waals surface area contributed by atoms with Gasteiger partial charge in [-0.2, -0.15) is 10.5 Å². The van der Waals surface area contributed by atoms with Crippen LogP contribution in [0.25, 0.3) is 0 Å². The van der Waals surface area contributed by atoms with Crippen molar-refractivity contribution in [1.82, 2.24) is 4.90 Å². The fraction of sp³-hybridized carbons (Fsp3) is 0.812. The van der Waals surface area contributed by atoms with Crippen LogP contribution in [0.5, 0.6) is 0 Å². The van der Waals surface area contributed by atoms with Gasteiger partial charge in [-0.15, -0.1) is 0 Å². The number of methoxy groups -OCH3 is 2. The number of hydrogen-bond acceptors (Lipinski definition) is 7. The summed E-state index contributed by atoms with van der Waals surface area (Å²) >= 11 is 0.